The van der Waals surface area contributed by atoms with Crippen molar-refractivity contribution in [3.05, 3.63) is 107 Å². The number of ether oxygens (including phenoxy) is 2. The van der Waals surface area contributed by atoms with Gasteiger partial charge in [-0.3, -0.25) is 19.4 Å². The minimum atomic E-state index is -0.857. The summed E-state index contributed by atoms with van der Waals surface area (Å²) in [5.41, 5.74) is 2.68. The van der Waals surface area contributed by atoms with Gasteiger partial charge in [0.05, 0.1) is 12.8 Å². The molecule has 2 fully saturated rings. The fourth-order valence-corrected chi connectivity index (χ4v) is 6.99. The monoisotopic (exact) mass is 614 g/mol. The normalized spacial score (nSPS) is 17.7. The van der Waals surface area contributed by atoms with E-state index in [1.807, 2.05) is 54.6 Å². The van der Waals surface area contributed by atoms with Gasteiger partial charge in [-0.25, -0.2) is 9.78 Å². The number of amides is 3. The van der Waals surface area contributed by atoms with Crippen LogP contribution in [0.5, 0.6) is 5.75 Å². The maximum atomic E-state index is 14.5. The van der Waals surface area contributed by atoms with Crippen LogP contribution in [-0.4, -0.2) is 52.7 Å². The first-order valence-electron chi connectivity index (χ1n) is 13.9. The first-order chi connectivity index (χ1) is 21.0. The Morgan fingerprint density at radius 1 is 1.00 bits per heavy atom. The zero-order valence-corrected chi connectivity index (χ0v) is 25.1. The van der Waals surface area contributed by atoms with E-state index in [0.29, 0.717) is 27.9 Å². The largest absolute Gasteiger partial charge is 0.496 e. The Labute approximate surface area is 257 Å². The molecule has 6 rings (SSSR count). The summed E-state index contributed by atoms with van der Waals surface area (Å²) in [5, 5.41) is 4.72. The fraction of sp³-hybridized carbons (Fsp3) is 0.250. The van der Waals surface area contributed by atoms with E-state index in [-0.39, 0.29) is 24.5 Å². The second-order valence-electron chi connectivity index (χ2n) is 10.2. The van der Waals surface area contributed by atoms with Gasteiger partial charge in [-0.1, -0.05) is 48.5 Å². The number of hydrogen-bond donors (Lipinski definition) is 1. The lowest BCUT2D eigenvalue weighted by Crippen LogP contribution is -2.48. The van der Waals surface area contributed by atoms with Gasteiger partial charge in [0.2, 0.25) is 0 Å². The summed E-state index contributed by atoms with van der Waals surface area (Å²) in [6.07, 6.45) is 3.02. The number of para-hydroxylation sites is 1. The van der Waals surface area contributed by atoms with Crippen LogP contribution in [0.3, 0.4) is 0 Å². The van der Waals surface area contributed by atoms with E-state index in [1.54, 1.807) is 43.0 Å². The molecule has 1 saturated carbocycles. The lowest BCUT2D eigenvalue weighted by atomic mass is 10.1. The third-order valence-electron chi connectivity index (χ3n) is 7.24. The number of methoxy groups -OCH3 is 1. The number of carbonyl (C=O) groups is 3. The van der Waals surface area contributed by atoms with Gasteiger partial charge in [-0.2, -0.15) is 0 Å². The number of nitrogens with one attached hydrogen (secondary N) is 1. The molecular formula is C32H30N4O5S2. The Morgan fingerprint density at radius 3 is 2.44 bits per heavy atom. The number of hydrogen-bond acceptors (Lipinski definition) is 8. The molecule has 3 aromatic carbocycles. The van der Waals surface area contributed by atoms with Crippen LogP contribution in [0.15, 0.2) is 90.4 Å². The van der Waals surface area contributed by atoms with Crippen LogP contribution >= 0.6 is 23.1 Å². The minimum Gasteiger partial charge on any atom is -0.496 e. The predicted molar refractivity (Wildman–Crippen MR) is 167 cm³/mol. The second kappa shape index (κ2) is 12.9. The molecule has 2 aliphatic rings. The van der Waals surface area contributed by atoms with Crippen LogP contribution in [0.25, 0.3) is 0 Å². The third kappa shape index (κ3) is 6.37. The second-order valence-corrected chi connectivity index (χ2v) is 12.2. The molecule has 2 heterocycles. The summed E-state index contributed by atoms with van der Waals surface area (Å²) in [6, 6.07) is 23.1. The summed E-state index contributed by atoms with van der Waals surface area (Å²) < 4.78 is 11.4. The smallest absolute Gasteiger partial charge is 0.412 e. The number of carbonyl (C=O) groups excluding carboxylic acids is 3. The molecule has 0 radical (unpaired) electrons. The summed E-state index contributed by atoms with van der Waals surface area (Å²) in [6.45, 7) is 0.0704. The van der Waals surface area contributed by atoms with Gasteiger partial charge < -0.3 is 14.8 Å². The standard InChI is InChI=1S/C32H30N4O5S2/c1-40-27-10-6-5-9-25(27)30-36(32(39)41-19-21-7-3-2-4-8-21)26(20-43-30)29(38)35(31-33-17-18-42-31)24-15-11-22(12-16-24)28(37)34-23-13-14-23/h2-12,15-18,23,26,30H,13-14,19-20H2,1H3,(H,34,37). The summed E-state index contributed by atoms with van der Waals surface area (Å²) in [5.74, 6) is 0.490. The van der Waals surface area contributed by atoms with Crippen LogP contribution in [0.1, 0.15) is 39.7 Å². The van der Waals surface area contributed by atoms with E-state index in [4.69, 9.17) is 9.47 Å². The number of thiazole rings is 1. The molecule has 9 nitrogen and oxygen atoms in total. The predicted octanol–water partition coefficient (Wildman–Crippen LogP) is 6.16. The van der Waals surface area contributed by atoms with Gasteiger partial charge in [-0.05, 0) is 48.7 Å². The van der Waals surface area contributed by atoms with Crippen molar-refractivity contribution in [3.8, 4) is 5.75 Å². The highest BCUT2D eigenvalue weighted by Gasteiger charge is 2.46. The Bertz CT molecular complexity index is 1580. The molecule has 1 aromatic heterocycles. The third-order valence-corrected chi connectivity index (χ3v) is 9.30. The summed E-state index contributed by atoms with van der Waals surface area (Å²) >= 11 is 2.79. The molecule has 0 bridgehead atoms. The molecule has 11 heteroatoms. The molecule has 1 aliphatic carbocycles. The SMILES string of the molecule is COc1ccccc1C1SCC(C(=O)N(c2ccc(C(=O)NC3CC3)cc2)c2nccs2)N1C(=O)OCc1ccccc1. The highest BCUT2D eigenvalue weighted by atomic mass is 32.2. The van der Waals surface area contributed by atoms with Crippen LogP contribution in [0.4, 0.5) is 15.6 Å². The fourth-order valence-electron chi connectivity index (χ4n) is 4.89. The average Bonchev–Trinajstić information content (AvgIpc) is 3.49. The van der Waals surface area contributed by atoms with Crippen molar-refractivity contribution < 1.29 is 23.9 Å². The maximum absolute atomic E-state index is 14.5. The van der Waals surface area contributed by atoms with Gasteiger partial charge in [-0.15, -0.1) is 23.1 Å². The van der Waals surface area contributed by atoms with E-state index in [0.717, 1.165) is 24.0 Å². The van der Waals surface area contributed by atoms with Gasteiger partial charge >= 0.3 is 6.09 Å². The minimum absolute atomic E-state index is 0.0704. The molecular weight excluding hydrogens is 585 g/mol. The van der Waals surface area contributed by atoms with Crippen molar-refractivity contribution in [2.24, 2.45) is 0 Å². The van der Waals surface area contributed by atoms with E-state index in [9.17, 15) is 14.4 Å². The van der Waals surface area contributed by atoms with Crippen molar-refractivity contribution in [1.82, 2.24) is 15.2 Å². The lowest BCUT2D eigenvalue weighted by molar-refractivity contribution is -0.121. The van der Waals surface area contributed by atoms with Gasteiger partial charge in [0.1, 0.15) is 23.8 Å². The molecule has 2 atom stereocenters. The first-order valence-corrected chi connectivity index (χ1v) is 15.8. The van der Waals surface area contributed by atoms with E-state index < -0.39 is 17.5 Å². The zero-order chi connectivity index (χ0) is 29.8. The van der Waals surface area contributed by atoms with E-state index >= 15 is 0 Å². The number of anilines is 2. The highest BCUT2D eigenvalue weighted by Crippen LogP contribution is 2.46. The number of benzene rings is 3. The maximum Gasteiger partial charge on any atom is 0.412 e. The van der Waals surface area contributed by atoms with Crippen molar-refractivity contribution in [2.45, 2.75) is 36.9 Å². The molecule has 43 heavy (non-hydrogen) atoms. The Morgan fingerprint density at radius 2 is 1.74 bits per heavy atom. The van der Waals surface area contributed by atoms with Crippen molar-refractivity contribution in [2.75, 3.05) is 17.8 Å². The molecule has 1 saturated heterocycles. The van der Waals surface area contributed by atoms with Crippen molar-refractivity contribution in [3.63, 3.8) is 0 Å². The average molecular weight is 615 g/mol. The van der Waals surface area contributed by atoms with Crippen LogP contribution in [0, 0.1) is 0 Å². The number of nitrogens with zero attached hydrogens (tertiary/aromatic N) is 3. The number of thioether (sulfide) groups is 1. The number of rotatable bonds is 9. The molecule has 4 aromatic rings. The highest BCUT2D eigenvalue weighted by molar-refractivity contribution is 7.99. The molecule has 3 amide bonds. The first kappa shape index (κ1) is 28.8. The van der Waals surface area contributed by atoms with E-state index in [2.05, 4.69) is 10.3 Å². The van der Waals surface area contributed by atoms with Crippen LogP contribution in [-0.2, 0) is 16.1 Å². The zero-order valence-electron chi connectivity index (χ0n) is 23.4. The van der Waals surface area contributed by atoms with Gasteiger partial charge in [0.25, 0.3) is 11.8 Å². The Balaban J connectivity index is 1.31. The van der Waals surface area contributed by atoms with Gasteiger partial charge in [0.15, 0.2) is 5.13 Å². The lowest BCUT2D eigenvalue weighted by Gasteiger charge is -2.31. The summed E-state index contributed by atoms with van der Waals surface area (Å²) in [4.78, 5) is 48.3. The number of aromatic nitrogens is 1. The molecule has 220 valence electrons. The van der Waals surface area contributed by atoms with E-state index in [1.165, 1.54) is 32.9 Å². The Hall–Kier alpha value is -4.35. The van der Waals surface area contributed by atoms with Crippen LogP contribution < -0.4 is 15.0 Å². The summed E-state index contributed by atoms with van der Waals surface area (Å²) in [7, 11) is 1.58. The van der Waals surface area contributed by atoms with Crippen molar-refractivity contribution >= 4 is 51.8 Å². The molecule has 2 unspecified atom stereocenters. The van der Waals surface area contributed by atoms with Crippen molar-refractivity contribution in [1.29, 1.82) is 0 Å². The Kier molecular flexibility index (Phi) is 8.62. The molecule has 1 N–H and O–H groups in total. The topological polar surface area (TPSA) is 101 Å². The molecule has 0 spiro atoms. The van der Waals surface area contributed by atoms with Crippen LogP contribution in [0.2, 0.25) is 0 Å². The quantitative estimate of drug-likeness (QED) is 0.241. The molecule has 1 aliphatic heterocycles. The van der Waals surface area contributed by atoms with Gasteiger partial charge in [0, 0.05) is 34.5 Å².